The molecule has 6 nitrogen and oxygen atoms in total. The molecule has 4 rings (SSSR count). The minimum absolute atomic E-state index is 0.0723. The predicted molar refractivity (Wildman–Crippen MR) is 136 cm³/mol. The molecular weight excluding hydrogens is 531 g/mol. The van der Waals surface area contributed by atoms with E-state index < -0.39 is 23.5 Å². The van der Waals surface area contributed by atoms with E-state index in [2.05, 4.69) is 41.3 Å². The lowest BCUT2D eigenvalue weighted by Gasteiger charge is -2.28. The van der Waals surface area contributed by atoms with Crippen molar-refractivity contribution >= 4 is 45.3 Å². The summed E-state index contributed by atoms with van der Waals surface area (Å²) in [7, 11) is 0. The van der Waals surface area contributed by atoms with Gasteiger partial charge in [-0.1, -0.05) is 44.2 Å². The Morgan fingerprint density at radius 3 is 2.48 bits per heavy atom. The van der Waals surface area contributed by atoms with Crippen molar-refractivity contribution in [1.82, 2.24) is 9.80 Å². The smallest absolute Gasteiger partial charge is 0.290 e. The highest BCUT2D eigenvalue weighted by Gasteiger charge is 2.44. The molecule has 1 N–H and O–H groups in total. The molecule has 0 bridgehead atoms. The number of ketones is 1. The molecule has 0 saturated carbocycles. The Labute approximate surface area is 207 Å². The molecule has 2 aromatic carbocycles. The highest BCUT2D eigenvalue weighted by molar-refractivity contribution is 14.1. The van der Waals surface area contributed by atoms with Gasteiger partial charge in [-0.2, -0.15) is 0 Å². The van der Waals surface area contributed by atoms with Gasteiger partial charge in [-0.15, -0.1) is 0 Å². The Morgan fingerprint density at radius 1 is 1.12 bits per heavy atom. The van der Waals surface area contributed by atoms with Gasteiger partial charge in [0.05, 0.1) is 11.6 Å². The molecule has 0 radical (unpaired) electrons. The third-order valence-corrected chi connectivity index (χ3v) is 6.87. The summed E-state index contributed by atoms with van der Waals surface area (Å²) in [6.45, 7) is 7.36. The molecule has 1 atom stereocenters. The molecule has 2 heterocycles. The number of aliphatic hydroxyl groups is 1. The van der Waals surface area contributed by atoms with Gasteiger partial charge < -0.3 is 19.3 Å². The van der Waals surface area contributed by atoms with Crippen molar-refractivity contribution in [2.75, 3.05) is 26.2 Å². The van der Waals surface area contributed by atoms with Gasteiger partial charge in [0.25, 0.3) is 5.91 Å². The molecule has 1 aromatic heterocycles. The van der Waals surface area contributed by atoms with Crippen LogP contribution in [0.25, 0.3) is 11.0 Å². The maximum absolute atomic E-state index is 13.5. The van der Waals surface area contributed by atoms with E-state index in [1.54, 1.807) is 17.0 Å². The Bertz CT molecular complexity index is 1160. The Morgan fingerprint density at radius 2 is 1.82 bits per heavy atom. The standard InChI is InChI=1S/C26H27IN2O4/c1-3-28(4-2)14-7-15-29-23(17-10-12-19(27)13-11-17)22(25(31)26(29)32)24(30)21-16-18-8-5-6-9-20(18)33-21/h5-6,8-13,16,23,31H,3-4,7,14-15H2,1-2H3. The molecule has 0 fully saturated rings. The average Bonchev–Trinajstić information content (AvgIpc) is 3.37. The van der Waals surface area contributed by atoms with Crippen LogP contribution in [0.4, 0.5) is 0 Å². The van der Waals surface area contributed by atoms with Crippen molar-refractivity contribution in [2.24, 2.45) is 0 Å². The van der Waals surface area contributed by atoms with Crippen molar-refractivity contribution < 1.29 is 19.1 Å². The summed E-state index contributed by atoms with van der Waals surface area (Å²) in [5.74, 6) is -1.36. The SMILES string of the molecule is CCN(CC)CCCN1C(=O)C(O)=C(C(=O)c2cc3ccccc3o2)C1c1ccc(I)cc1. The third kappa shape index (κ3) is 4.70. The number of para-hydroxylation sites is 1. The van der Waals surface area contributed by atoms with Crippen LogP contribution >= 0.6 is 22.6 Å². The summed E-state index contributed by atoms with van der Waals surface area (Å²) in [6.07, 6.45) is 0.744. The minimum Gasteiger partial charge on any atom is -0.503 e. The largest absolute Gasteiger partial charge is 0.503 e. The number of carbonyl (C=O) groups is 2. The molecule has 0 spiro atoms. The number of amides is 1. The maximum Gasteiger partial charge on any atom is 0.290 e. The number of nitrogens with zero attached hydrogens (tertiary/aromatic N) is 2. The lowest BCUT2D eigenvalue weighted by Crippen LogP contribution is -2.34. The molecule has 3 aromatic rings. The van der Waals surface area contributed by atoms with E-state index in [0.29, 0.717) is 12.1 Å². The van der Waals surface area contributed by atoms with E-state index in [1.165, 1.54) is 0 Å². The number of hydrogen-bond acceptors (Lipinski definition) is 5. The Hall–Kier alpha value is -2.65. The monoisotopic (exact) mass is 558 g/mol. The fraction of sp³-hybridized carbons (Fsp3) is 0.308. The number of fused-ring (bicyclic) bond motifs is 1. The number of benzene rings is 2. The molecule has 7 heteroatoms. The van der Waals surface area contributed by atoms with E-state index in [-0.39, 0.29) is 11.3 Å². The molecule has 33 heavy (non-hydrogen) atoms. The molecule has 1 amide bonds. The van der Waals surface area contributed by atoms with Crippen LogP contribution in [-0.4, -0.2) is 52.8 Å². The first-order valence-electron chi connectivity index (χ1n) is 11.2. The highest BCUT2D eigenvalue weighted by Crippen LogP contribution is 2.39. The number of hydrogen-bond donors (Lipinski definition) is 1. The maximum atomic E-state index is 13.5. The second-order valence-electron chi connectivity index (χ2n) is 8.07. The summed E-state index contributed by atoms with van der Waals surface area (Å²) in [5.41, 5.74) is 1.45. The van der Waals surface area contributed by atoms with Crippen LogP contribution in [0.5, 0.6) is 0 Å². The van der Waals surface area contributed by atoms with Crippen molar-refractivity contribution in [1.29, 1.82) is 0 Å². The zero-order chi connectivity index (χ0) is 23.5. The van der Waals surface area contributed by atoms with Crippen LogP contribution in [0, 0.1) is 3.57 Å². The van der Waals surface area contributed by atoms with Crippen molar-refractivity contribution in [3.8, 4) is 0 Å². The van der Waals surface area contributed by atoms with Gasteiger partial charge in [-0.05, 0) is 78.5 Å². The lowest BCUT2D eigenvalue weighted by atomic mass is 9.95. The van der Waals surface area contributed by atoms with Crippen molar-refractivity contribution in [2.45, 2.75) is 26.3 Å². The molecule has 1 aliphatic rings. The van der Waals surface area contributed by atoms with E-state index in [1.807, 2.05) is 42.5 Å². The Kier molecular flexibility index (Phi) is 7.19. The van der Waals surface area contributed by atoms with Crippen LogP contribution < -0.4 is 0 Å². The van der Waals surface area contributed by atoms with E-state index >= 15 is 0 Å². The fourth-order valence-corrected chi connectivity index (χ4v) is 4.70. The van der Waals surface area contributed by atoms with Gasteiger partial charge in [0.2, 0.25) is 5.78 Å². The van der Waals surface area contributed by atoms with Crippen LogP contribution in [0.15, 0.2) is 70.3 Å². The van der Waals surface area contributed by atoms with E-state index in [4.69, 9.17) is 4.42 Å². The first kappa shape index (κ1) is 23.5. The summed E-state index contributed by atoms with van der Waals surface area (Å²) in [6, 6.07) is 16.0. The van der Waals surface area contributed by atoms with E-state index in [0.717, 1.165) is 40.6 Å². The molecular formula is C26H27IN2O4. The molecule has 1 aliphatic heterocycles. The number of aliphatic hydroxyl groups excluding tert-OH is 1. The predicted octanol–water partition coefficient (Wildman–Crippen LogP) is 5.35. The van der Waals surface area contributed by atoms with Gasteiger partial charge in [0.1, 0.15) is 5.58 Å². The van der Waals surface area contributed by atoms with Gasteiger partial charge in [0, 0.05) is 15.5 Å². The second-order valence-corrected chi connectivity index (χ2v) is 9.32. The van der Waals surface area contributed by atoms with Crippen LogP contribution in [0.1, 0.15) is 42.4 Å². The van der Waals surface area contributed by atoms with Gasteiger partial charge in [-0.3, -0.25) is 9.59 Å². The molecule has 0 aliphatic carbocycles. The number of rotatable bonds is 9. The van der Waals surface area contributed by atoms with Gasteiger partial charge >= 0.3 is 0 Å². The number of Topliss-reactive ketones (excluding diaryl/α,β-unsaturated/α-hetero) is 1. The van der Waals surface area contributed by atoms with Crippen molar-refractivity contribution in [3.63, 3.8) is 0 Å². The summed E-state index contributed by atoms with van der Waals surface area (Å²) >= 11 is 2.22. The number of carbonyl (C=O) groups excluding carboxylic acids is 2. The quantitative estimate of drug-likeness (QED) is 0.283. The normalized spacial score (nSPS) is 16.4. The first-order valence-corrected chi connectivity index (χ1v) is 12.3. The summed E-state index contributed by atoms with van der Waals surface area (Å²) < 4.78 is 6.82. The van der Waals surface area contributed by atoms with Crippen LogP contribution in [0.2, 0.25) is 0 Å². The fourth-order valence-electron chi connectivity index (χ4n) is 4.34. The summed E-state index contributed by atoms with van der Waals surface area (Å²) in [5, 5.41) is 11.6. The lowest BCUT2D eigenvalue weighted by molar-refractivity contribution is -0.129. The molecule has 1 unspecified atom stereocenters. The average molecular weight is 558 g/mol. The Balaban J connectivity index is 1.69. The van der Waals surface area contributed by atoms with Gasteiger partial charge in [0.15, 0.2) is 11.5 Å². The number of furan rings is 1. The zero-order valence-electron chi connectivity index (χ0n) is 18.8. The highest BCUT2D eigenvalue weighted by atomic mass is 127. The van der Waals surface area contributed by atoms with Crippen molar-refractivity contribution in [3.05, 3.63) is 80.8 Å². The first-order chi connectivity index (χ1) is 15.9. The van der Waals surface area contributed by atoms with E-state index in [9.17, 15) is 14.7 Å². The zero-order valence-corrected chi connectivity index (χ0v) is 20.9. The second kappa shape index (κ2) is 10.1. The number of halogens is 1. The molecule has 172 valence electrons. The summed E-state index contributed by atoms with van der Waals surface area (Å²) in [4.78, 5) is 30.5. The van der Waals surface area contributed by atoms with Gasteiger partial charge in [-0.25, -0.2) is 0 Å². The minimum atomic E-state index is -0.660. The van der Waals surface area contributed by atoms with Crippen LogP contribution in [0.3, 0.4) is 0 Å². The molecule has 0 saturated heterocycles. The topological polar surface area (TPSA) is 74.0 Å². The van der Waals surface area contributed by atoms with Crippen LogP contribution in [-0.2, 0) is 4.79 Å². The third-order valence-electron chi connectivity index (χ3n) is 6.15.